The number of rotatable bonds is 7. The number of thiophene rings is 1. The van der Waals surface area contributed by atoms with Crippen LogP contribution in [-0.4, -0.2) is 89.9 Å². The van der Waals surface area contributed by atoms with E-state index in [1.807, 2.05) is 30.1 Å². The molecule has 3 aromatic rings. The van der Waals surface area contributed by atoms with Gasteiger partial charge < -0.3 is 14.7 Å². The predicted molar refractivity (Wildman–Crippen MR) is 150 cm³/mol. The Kier molecular flexibility index (Phi) is 7.55. The molecule has 0 unspecified atom stereocenters. The summed E-state index contributed by atoms with van der Waals surface area (Å²) < 4.78 is 1.25. The van der Waals surface area contributed by atoms with Crippen LogP contribution in [-0.2, 0) is 17.9 Å². The quantitative estimate of drug-likeness (QED) is 0.481. The first-order valence-corrected chi connectivity index (χ1v) is 13.5. The SMILES string of the molecule is Cc1c(CN(C)C(=O)C=Cc2cnc3c(c2)CN(CCN2CCN(C)CC2)C(=O)N3)sc2ccccc12. The van der Waals surface area contributed by atoms with Crippen LogP contribution in [0.25, 0.3) is 16.2 Å². The highest BCUT2D eigenvalue weighted by molar-refractivity contribution is 7.19. The van der Waals surface area contributed by atoms with Crippen LogP contribution in [0.1, 0.15) is 21.6 Å². The zero-order valence-electron chi connectivity index (χ0n) is 21.7. The number of benzene rings is 1. The third kappa shape index (κ3) is 5.84. The molecule has 2 aliphatic heterocycles. The first-order valence-electron chi connectivity index (χ1n) is 12.7. The van der Waals surface area contributed by atoms with Crippen molar-refractivity contribution in [3.63, 3.8) is 0 Å². The van der Waals surface area contributed by atoms with E-state index in [-0.39, 0.29) is 11.9 Å². The molecular weight excluding hydrogens is 484 g/mol. The van der Waals surface area contributed by atoms with Crippen molar-refractivity contribution in [2.45, 2.75) is 20.0 Å². The van der Waals surface area contributed by atoms with Crippen LogP contribution in [0.3, 0.4) is 0 Å². The fourth-order valence-electron chi connectivity index (χ4n) is 4.79. The molecule has 1 aromatic carbocycles. The number of nitrogens with zero attached hydrogens (tertiary/aromatic N) is 5. The van der Waals surface area contributed by atoms with Gasteiger partial charge in [-0.1, -0.05) is 18.2 Å². The van der Waals surface area contributed by atoms with E-state index < -0.39 is 0 Å². The number of nitrogens with one attached hydrogen (secondary N) is 1. The summed E-state index contributed by atoms with van der Waals surface area (Å²) in [5.74, 6) is 0.540. The Labute approximate surface area is 222 Å². The molecule has 0 saturated carbocycles. The average Bonchev–Trinajstić information content (AvgIpc) is 3.21. The second-order valence-electron chi connectivity index (χ2n) is 9.95. The van der Waals surface area contributed by atoms with Crippen LogP contribution >= 0.6 is 11.3 Å². The molecule has 1 fully saturated rings. The Bertz CT molecular complexity index is 1330. The summed E-state index contributed by atoms with van der Waals surface area (Å²) in [6.07, 6.45) is 5.09. The van der Waals surface area contributed by atoms with Crippen LogP contribution < -0.4 is 5.32 Å². The number of likely N-dealkylation sites (N-methyl/N-ethyl adjacent to an activating group) is 2. The van der Waals surface area contributed by atoms with Gasteiger partial charge in [-0.05, 0) is 48.7 Å². The van der Waals surface area contributed by atoms with E-state index in [1.54, 1.807) is 34.6 Å². The molecule has 2 aliphatic rings. The first kappa shape index (κ1) is 25.4. The number of aromatic nitrogens is 1. The molecule has 0 bridgehead atoms. The number of piperazine rings is 1. The molecule has 2 aromatic heterocycles. The van der Waals surface area contributed by atoms with E-state index in [0.717, 1.165) is 43.9 Å². The Balaban J connectivity index is 1.19. The summed E-state index contributed by atoms with van der Waals surface area (Å²) in [4.78, 5) is 39.4. The minimum Gasteiger partial charge on any atom is -0.337 e. The van der Waals surface area contributed by atoms with Gasteiger partial charge in [0.1, 0.15) is 5.82 Å². The lowest BCUT2D eigenvalue weighted by Gasteiger charge is -2.35. The van der Waals surface area contributed by atoms with E-state index in [4.69, 9.17) is 0 Å². The predicted octanol–water partition coefficient (Wildman–Crippen LogP) is 3.87. The number of aryl methyl sites for hydroxylation is 1. The lowest BCUT2D eigenvalue weighted by atomic mass is 10.1. The van der Waals surface area contributed by atoms with Crippen LogP contribution in [0.2, 0.25) is 0 Å². The second kappa shape index (κ2) is 11.0. The highest BCUT2D eigenvalue weighted by Crippen LogP contribution is 2.31. The molecule has 1 saturated heterocycles. The molecule has 0 aliphatic carbocycles. The number of fused-ring (bicyclic) bond motifs is 2. The number of pyridine rings is 1. The standard InChI is InChI=1S/C28H34N6O2S/c1-20-23-6-4-5-7-24(23)37-25(20)19-32(3)26(35)9-8-21-16-22-18-34(28(36)30-27(22)29-17-21)15-14-33-12-10-31(2)11-13-33/h4-9,16-17H,10-15,18-19H2,1-3H3,(H,29,30,36). The van der Waals surface area contributed by atoms with Crippen molar-refractivity contribution < 1.29 is 9.59 Å². The number of carbonyl (C=O) groups is 2. The van der Waals surface area contributed by atoms with Gasteiger partial charge in [0, 0.05) is 73.7 Å². The number of urea groups is 1. The van der Waals surface area contributed by atoms with Gasteiger partial charge >= 0.3 is 6.03 Å². The number of carbonyl (C=O) groups excluding carboxylic acids is 2. The van der Waals surface area contributed by atoms with Gasteiger partial charge in [-0.3, -0.25) is 15.0 Å². The molecule has 0 radical (unpaired) electrons. The minimum absolute atomic E-state index is 0.0586. The summed E-state index contributed by atoms with van der Waals surface area (Å²) in [6.45, 7) is 8.94. The van der Waals surface area contributed by atoms with Crippen molar-refractivity contribution in [3.05, 3.63) is 64.2 Å². The maximum Gasteiger partial charge on any atom is 0.323 e. The van der Waals surface area contributed by atoms with Crippen LogP contribution in [0.5, 0.6) is 0 Å². The zero-order chi connectivity index (χ0) is 25.9. The van der Waals surface area contributed by atoms with Gasteiger partial charge in [0.25, 0.3) is 0 Å². The summed E-state index contributed by atoms with van der Waals surface area (Å²) in [7, 11) is 3.97. The summed E-state index contributed by atoms with van der Waals surface area (Å²) in [5.41, 5.74) is 3.04. The summed E-state index contributed by atoms with van der Waals surface area (Å²) in [5, 5.41) is 4.16. The highest BCUT2D eigenvalue weighted by atomic mass is 32.1. The van der Waals surface area contributed by atoms with Gasteiger partial charge in [-0.25, -0.2) is 9.78 Å². The van der Waals surface area contributed by atoms with E-state index in [0.29, 0.717) is 25.5 Å². The Morgan fingerprint density at radius 3 is 2.76 bits per heavy atom. The topological polar surface area (TPSA) is 72.0 Å². The Morgan fingerprint density at radius 2 is 1.97 bits per heavy atom. The zero-order valence-corrected chi connectivity index (χ0v) is 22.6. The van der Waals surface area contributed by atoms with E-state index in [2.05, 4.69) is 46.2 Å². The van der Waals surface area contributed by atoms with Crippen molar-refractivity contribution in [2.75, 3.05) is 58.7 Å². The lowest BCUT2D eigenvalue weighted by molar-refractivity contribution is -0.125. The molecule has 0 spiro atoms. The fraction of sp³-hybridized carbons (Fsp3) is 0.393. The fourth-order valence-corrected chi connectivity index (χ4v) is 6.05. The maximum atomic E-state index is 12.8. The smallest absolute Gasteiger partial charge is 0.323 e. The normalized spacial score (nSPS) is 16.8. The van der Waals surface area contributed by atoms with Crippen molar-refractivity contribution >= 4 is 45.3 Å². The number of amides is 3. The number of anilines is 1. The highest BCUT2D eigenvalue weighted by Gasteiger charge is 2.24. The van der Waals surface area contributed by atoms with Gasteiger partial charge in [0.2, 0.25) is 5.91 Å². The molecule has 0 atom stereocenters. The molecule has 194 valence electrons. The Hall–Kier alpha value is -3.27. The first-order chi connectivity index (χ1) is 17.9. The van der Waals surface area contributed by atoms with Crippen molar-refractivity contribution in [3.8, 4) is 0 Å². The van der Waals surface area contributed by atoms with Crippen molar-refractivity contribution in [1.29, 1.82) is 0 Å². The maximum absolute atomic E-state index is 12.8. The van der Waals surface area contributed by atoms with E-state index >= 15 is 0 Å². The summed E-state index contributed by atoms with van der Waals surface area (Å²) in [6, 6.07) is 10.2. The van der Waals surface area contributed by atoms with Gasteiger partial charge in [-0.15, -0.1) is 11.3 Å². The molecule has 37 heavy (non-hydrogen) atoms. The monoisotopic (exact) mass is 518 g/mol. The average molecular weight is 519 g/mol. The van der Waals surface area contributed by atoms with Gasteiger partial charge in [0.05, 0.1) is 13.1 Å². The number of hydrogen-bond acceptors (Lipinski definition) is 6. The molecule has 4 heterocycles. The Morgan fingerprint density at radius 1 is 1.19 bits per heavy atom. The lowest BCUT2D eigenvalue weighted by Crippen LogP contribution is -2.48. The minimum atomic E-state index is -0.106. The van der Waals surface area contributed by atoms with Gasteiger partial charge in [-0.2, -0.15) is 0 Å². The molecular formula is C28H34N6O2S. The second-order valence-corrected chi connectivity index (χ2v) is 11.1. The molecule has 3 amide bonds. The third-order valence-corrected chi connectivity index (χ3v) is 8.52. The van der Waals surface area contributed by atoms with Crippen LogP contribution in [0.15, 0.2) is 42.6 Å². The molecule has 9 heteroatoms. The summed E-state index contributed by atoms with van der Waals surface area (Å²) >= 11 is 1.74. The molecule has 5 rings (SSSR count). The third-order valence-electron chi connectivity index (χ3n) is 7.26. The van der Waals surface area contributed by atoms with Gasteiger partial charge in [0.15, 0.2) is 0 Å². The van der Waals surface area contributed by atoms with E-state index in [1.165, 1.54) is 20.5 Å². The molecule has 1 N–H and O–H groups in total. The number of hydrogen-bond donors (Lipinski definition) is 1. The largest absolute Gasteiger partial charge is 0.337 e. The van der Waals surface area contributed by atoms with Crippen LogP contribution in [0, 0.1) is 6.92 Å². The van der Waals surface area contributed by atoms with Crippen molar-refractivity contribution in [1.82, 2.24) is 24.6 Å². The molecule has 8 nitrogen and oxygen atoms in total. The van der Waals surface area contributed by atoms with Crippen molar-refractivity contribution in [2.24, 2.45) is 0 Å². The van der Waals surface area contributed by atoms with E-state index in [9.17, 15) is 9.59 Å². The van der Waals surface area contributed by atoms with Crippen LogP contribution in [0.4, 0.5) is 10.6 Å².